The molecule has 0 aliphatic carbocycles. The van der Waals surface area contributed by atoms with Crippen LogP contribution in [0.5, 0.6) is 0 Å². The number of imidazole rings is 1. The third kappa shape index (κ3) is 5.48. The number of carbonyl (C=O) groups is 1. The highest BCUT2D eigenvalue weighted by molar-refractivity contribution is 5.99. The number of rotatable bonds is 11. The van der Waals surface area contributed by atoms with Crippen molar-refractivity contribution in [3.63, 3.8) is 0 Å². The van der Waals surface area contributed by atoms with E-state index in [1.807, 2.05) is 54.9 Å². The van der Waals surface area contributed by atoms with Gasteiger partial charge in [-0.2, -0.15) is 0 Å². The van der Waals surface area contributed by atoms with Crippen LogP contribution in [-0.4, -0.2) is 25.4 Å². The Morgan fingerprint density at radius 2 is 1.28 bits per heavy atom. The van der Waals surface area contributed by atoms with Gasteiger partial charge in [0.1, 0.15) is 17.6 Å². The Balaban J connectivity index is 1.37. The van der Waals surface area contributed by atoms with Gasteiger partial charge in [-0.1, -0.05) is 121 Å². The van der Waals surface area contributed by atoms with E-state index in [4.69, 9.17) is 14.4 Å². The van der Waals surface area contributed by atoms with Crippen LogP contribution in [0.15, 0.2) is 157 Å². The average Bonchev–Trinajstić information content (AvgIpc) is 3.80. The lowest BCUT2D eigenvalue weighted by molar-refractivity contribution is -0.118. The fourth-order valence-electron chi connectivity index (χ4n) is 6.28. The largest absolute Gasteiger partial charge is 0.467 e. The minimum atomic E-state index is -0.810. The van der Waals surface area contributed by atoms with Gasteiger partial charge in [0.05, 0.1) is 19.1 Å². The molecule has 7 aromatic rings. The summed E-state index contributed by atoms with van der Waals surface area (Å²) in [6, 6.07) is 45.1. The van der Waals surface area contributed by atoms with Crippen molar-refractivity contribution in [2.75, 3.05) is 4.90 Å². The fourth-order valence-corrected chi connectivity index (χ4v) is 6.28. The van der Waals surface area contributed by atoms with Gasteiger partial charge in [-0.05, 0) is 47.2 Å². The molecule has 46 heavy (non-hydrogen) atoms. The van der Waals surface area contributed by atoms with Crippen LogP contribution < -0.4 is 4.90 Å². The zero-order chi connectivity index (χ0) is 31.2. The average molecular weight is 604 g/mol. The molecule has 0 bridgehead atoms. The summed E-state index contributed by atoms with van der Waals surface area (Å²) in [7, 11) is 0. The molecule has 0 N–H and O–H groups in total. The van der Waals surface area contributed by atoms with Crippen molar-refractivity contribution in [3.05, 3.63) is 180 Å². The Bertz CT molecular complexity index is 1910. The highest BCUT2D eigenvalue weighted by atomic mass is 16.3. The zero-order valence-corrected chi connectivity index (χ0v) is 25.3. The Morgan fingerprint density at radius 1 is 0.696 bits per heavy atom. The number of amides is 1. The van der Waals surface area contributed by atoms with Gasteiger partial charge in [0, 0.05) is 6.42 Å². The van der Waals surface area contributed by atoms with Gasteiger partial charge in [-0.3, -0.25) is 14.3 Å². The predicted molar refractivity (Wildman–Crippen MR) is 179 cm³/mol. The SMILES string of the molecule is O=C(CCCc1ccccc1)N(Cc1ccco1)c1ncnc2c1ncn2C(c1ccccc1)(c1ccccc1)c1ccccc1. The van der Waals surface area contributed by atoms with Crippen molar-refractivity contribution >= 4 is 22.9 Å². The molecule has 0 aliphatic heterocycles. The number of nitrogens with zero attached hydrogens (tertiary/aromatic N) is 5. The van der Waals surface area contributed by atoms with Gasteiger partial charge in [0.25, 0.3) is 0 Å². The summed E-state index contributed by atoms with van der Waals surface area (Å²) in [5, 5.41) is 0. The molecule has 0 radical (unpaired) electrons. The maximum atomic E-state index is 14.0. The van der Waals surface area contributed by atoms with Crippen LogP contribution in [0.4, 0.5) is 5.82 Å². The molecule has 0 aliphatic rings. The normalized spacial score (nSPS) is 11.5. The first-order chi connectivity index (χ1) is 22.7. The monoisotopic (exact) mass is 603 g/mol. The van der Waals surface area contributed by atoms with Crippen LogP contribution in [0.25, 0.3) is 11.2 Å². The molecule has 0 spiro atoms. The number of aromatic nitrogens is 4. The van der Waals surface area contributed by atoms with Crippen LogP contribution in [0, 0.1) is 0 Å². The molecule has 1 amide bonds. The lowest BCUT2D eigenvalue weighted by atomic mass is 9.76. The van der Waals surface area contributed by atoms with E-state index in [9.17, 15) is 4.79 Å². The van der Waals surface area contributed by atoms with Gasteiger partial charge in [0.2, 0.25) is 5.91 Å². The molecule has 3 aromatic heterocycles. The highest BCUT2D eigenvalue weighted by Gasteiger charge is 2.40. The first-order valence-electron chi connectivity index (χ1n) is 15.5. The van der Waals surface area contributed by atoms with Gasteiger partial charge in [-0.25, -0.2) is 15.0 Å². The van der Waals surface area contributed by atoms with Crippen LogP contribution in [-0.2, 0) is 23.3 Å². The number of anilines is 1. The summed E-state index contributed by atoms with van der Waals surface area (Å²) in [5.74, 6) is 1.06. The summed E-state index contributed by atoms with van der Waals surface area (Å²) in [6.45, 7) is 0.233. The Hall–Kier alpha value is -5.82. The lowest BCUT2D eigenvalue weighted by Crippen LogP contribution is -2.37. The van der Waals surface area contributed by atoms with Crippen molar-refractivity contribution in [3.8, 4) is 0 Å². The number of aryl methyl sites for hydroxylation is 1. The first-order valence-corrected chi connectivity index (χ1v) is 15.5. The maximum absolute atomic E-state index is 14.0. The molecule has 7 rings (SSSR count). The third-order valence-corrected chi connectivity index (χ3v) is 8.40. The number of furan rings is 1. The van der Waals surface area contributed by atoms with Crippen LogP contribution >= 0.6 is 0 Å². The number of benzene rings is 4. The van der Waals surface area contributed by atoms with Gasteiger partial charge < -0.3 is 4.42 Å². The second kappa shape index (κ2) is 13.0. The fraction of sp³-hybridized carbons (Fsp3) is 0.128. The Labute approximate surface area is 267 Å². The molecule has 0 atom stereocenters. The summed E-state index contributed by atoms with van der Waals surface area (Å²) >= 11 is 0. The van der Waals surface area contributed by atoms with E-state index in [1.54, 1.807) is 11.2 Å². The molecular formula is C39H33N5O2. The molecule has 0 fully saturated rings. The highest BCUT2D eigenvalue weighted by Crippen LogP contribution is 2.42. The Kier molecular flexibility index (Phi) is 8.20. The molecule has 7 nitrogen and oxygen atoms in total. The number of hydrogen-bond acceptors (Lipinski definition) is 5. The second-order valence-corrected chi connectivity index (χ2v) is 11.2. The van der Waals surface area contributed by atoms with E-state index >= 15 is 0 Å². The minimum absolute atomic E-state index is 0.0534. The van der Waals surface area contributed by atoms with Crippen molar-refractivity contribution < 1.29 is 9.21 Å². The zero-order valence-electron chi connectivity index (χ0n) is 25.3. The first kappa shape index (κ1) is 28.9. The summed E-state index contributed by atoms with van der Waals surface area (Å²) in [6.07, 6.45) is 6.83. The smallest absolute Gasteiger partial charge is 0.228 e. The van der Waals surface area contributed by atoms with E-state index in [-0.39, 0.29) is 12.5 Å². The van der Waals surface area contributed by atoms with Gasteiger partial charge >= 0.3 is 0 Å². The van der Waals surface area contributed by atoms with E-state index < -0.39 is 5.54 Å². The predicted octanol–water partition coefficient (Wildman–Crippen LogP) is 7.82. The van der Waals surface area contributed by atoms with Gasteiger partial charge in [0.15, 0.2) is 17.0 Å². The van der Waals surface area contributed by atoms with Crippen molar-refractivity contribution in [1.82, 2.24) is 19.5 Å². The quantitative estimate of drug-likeness (QED) is 0.141. The van der Waals surface area contributed by atoms with E-state index in [2.05, 4.69) is 94.5 Å². The number of carbonyl (C=O) groups excluding carboxylic acids is 1. The van der Waals surface area contributed by atoms with E-state index in [1.165, 1.54) is 11.9 Å². The van der Waals surface area contributed by atoms with Crippen LogP contribution in [0.2, 0.25) is 0 Å². The van der Waals surface area contributed by atoms with Crippen molar-refractivity contribution in [2.24, 2.45) is 0 Å². The topological polar surface area (TPSA) is 77.1 Å². The molecule has 3 heterocycles. The minimum Gasteiger partial charge on any atom is -0.467 e. The summed E-state index contributed by atoms with van der Waals surface area (Å²) in [5.41, 5.74) is 4.70. The number of fused-ring (bicyclic) bond motifs is 1. The molecule has 7 heteroatoms. The van der Waals surface area contributed by atoms with Crippen LogP contribution in [0.3, 0.4) is 0 Å². The third-order valence-electron chi connectivity index (χ3n) is 8.40. The summed E-state index contributed by atoms with van der Waals surface area (Å²) in [4.78, 5) is 30.1. The van der Waals surface area contributed by atoms with Gasteiger partial charge in [-0.15, -0.1) is 0 Å². The summed E-state index contributed by atoms with van der Waals surface area (Å²) < 4.78 is 7.80. The molecular weight excluding hydrogens is 570 g/mol. The van der Waals surface area contributed by atoms with Crippen molar-refractivity contribution in [1.29, 1.82) is 0 Å². The van der Waals surface area contributed by atoms with Crippen molar-refractivity contribution in [2.45, 2.75) is 31.3 Å². The maximum Gasteiger partial charge on any atom is 0.228 e. The number of hydrogen-bond donors (Lipinski definition) is 0. The van der Waals surface area contributed by atoms with E-state index in [0.717, 1.165) is 23.1 Å². The molecule has 0 unspecified atom stereocenters. The second-order valence-electron chi connectivity index (χ2n) is 11.2. The molecule has 4 aromatic carbocycles. The van der Waals surface area contributed by atoms with E-state index in [0.29, 0.717) is 35.6 Å². The standard InChI is InChI=1S/C39H33N5O2/c45-35(25-13-17-30-15-5-1-6-16-30)43(27-34-24-14-26-46-34)37-36-38(41-28-40-37)44(29-42-36)39(31-18-7-2-8-19-31,32-20-9-3-10-21-32)33-22-11-4-12-23-33/h1-12,14-16,18-24,26,28-29H,13,17,25,27H2. The molecule has 0 saturated heterocycles. The Morgan fingerprint density at radius 3 is 1.85 bits per heavy atom. The molecule has 226 valence electrons. The lowest BCUT2D eigenvalue weighted by Gasteiger charge is -2.37. The molecule has 0 saturated carbocycles. The van der Waals surface area contributed by atoms with Crippen LogP contribution in [0.1, 0.15) is 40.9 Å².